The van der Waals surface area contributed by atoms with Crippen LogP contribution in [-0.2, 0) is 14.2 Å². The molecule has 2 rings (SSSR count). The van der Waals surface area contributed by atoms with Gasteiger partial charge in [0.2, 0.25) is 0 Å². The zero-order valence-electron chi connectivity index (χ0n) is 10.3. The summed E-state index contributed by atoms with van der Waals surface area (Å²) < 4.78 is 17.5. The van der Waals surface area contributed by atoms with Gasteiger partial charge in [0, 0.05) is 5.92 Å². The van der Waals surface area contributed by atoms with Gasteiger partial charge in [-0.15, -0.1) is 0 Å². The average Bonchev–Trinajstić information content (AvgIpc) is 2.60. The Hall–Kier alpha value is -0.120. The van der Waals surface area contributed by atoms with Crippen molar-refractivity contribution in [2.24, 2.45) is 11.8 Å². The van der Waals surface area contributed by atoms with Crippen LogP contribution in [0.3, 0.4) is 0 Å². The molecule has 88 valence electrons. The van der Waals surface area contributed by atoms with Gasteiger partial charge in [0.1, 0.15) is 6.10 Å². The number of ether oxygens (including phenoxy) is 3. The van der Waals surface area contributed by atoms with E-state index in [1.807, 2.05) is 13.8 Å². The Morgan fingerprint density at radius 2 is 1.93 bits per heavy atom. The third-order valence-corrected chi connectivity index (χ3v) is 3.62. The number of fused-ring (bicyclic) bond motifs is 1. The quantitative estimate of drug-likeness (QED) is 0.707. The summed E-state index contributed by atoms with van der Waals surface area (Å²) in [5.74, 6) is 0.511. The second-order valence-corrected chi connectivity index (χ2v) is 5.31. The van der Waals surface area contributed by atoms with Crippen LogP contribution in [0, 0.1) is 11.8 Å². The van der Waals surface area contributed by atoms with E-state index >= 15 is 0 Å². The van der Waals surface area contributed by atoms with Crippen molar-refractivity contribution in [1.29, 1.82) is 0 Å². The topological polar surface area (TPSA) is 27.7 Å². The van der Waals surface area contributed by atoms with Gasteiger partial charge in [-0.1, -0.05) is 27.2 Å². The molecular formula is C12H22O3. The molecule has 0 aliphatic carbocycles. The molecule has 3 heteroatoms. The Balaban J connectivity index is 2.05. The zero-order chi connectivity index (χ0) is 11.2. The van der Waals surface area contributed by atoms with Crippen molar-refractivity contribution >= 4 is 0 Å². The van der Waals surface area contributed by atoms with Gasteiger partial charge in [-0.3, -0.25) is 0 Å². The van der Waals surface area contributed by atoms with E-state index in [0.717, 1.165) is 6.42 Å². The smallest absolute Gasteiger partial charge is 0.187 e. The maximum atomic E-state index is 5.94. The van der Waals surface area contributed by atoms with Gasteiger partial charge >= 0.3 is 0 Å². The highest BCUT2D eigenvalue weighted by Crippen LogP contribution is 2.42. The highest BCUT2D eigenvalue weighted by Gasteiger charge is 2.53. The lowest BCUT2D eigenvalue weighted by molar-refractivity contribution is -0.214. The summed E-state index contributed by atoms with van der Waals surface area (Å²) >= 11 is 0. The first-order valence-corrected chi connectivity index (χ1v) is 5.95. The van der Waals surface area contributed by atoms with Crippen LogP contribution in [0.15, 0.2) is 0 Å². The Labute approximate surface area is 92.1 Å². The minimum atomic E-state index is -0.482. The second kappa shape index (κ2) is 3.72. The Bertz CT molecular complexity index is 239. The minimum Gasteiger partial charge on any atom is -0.346 e. The van der Waals surface area contributed by atoms with Crippen LogP contribution >= 0.6 is 0 Å². The highest BCUT2D eigenvalue weighted by atomic mass is 16.8. The molecule has 0 N–H and O–H groups in total. The van der Waals surface area contributed by atoms with Gasteiger partial charge in [-0.2, -0.15) is 0 Å². The van der Waals surface area contributed by atoms with E-state index in [0.29, 0.717) is 11.8 Å². The summed E-state index contributed by atoms with van der Waals surface area (Å²) in [4.78, 5) is 0. The van der Waals surface area contributed by atoms with E-state index in [-0.39, 0.29) is 18.5 Å². The average molecular weight is 214 g/mol. The van der Waals surface area contributed by atoms with Crippen molar-refractivity contribution in [3.8, 4) is 0 Å². The molecule has 0 aromatic rings. The number of hydrogen-bond donors (Lipinski definition) is 0. The maximum Gasteiger partial charge on any atom is 0.187 e. The van der Waals surface area contributed by atoms with Crippen LogP contribution in [-0.4, -0.2) is 24.3 Å². The largest absolute Gasteiger partial charge is 0.346 e. The fourth-order valence-electron chi connectivity index (χ4n) is 2.57. The Morgan fingerprint density at radius 1 is 1.27 bits per heavy atom. The Morgan fingerprint density at radius 3 is 2.47 bits per heavy atom. The molecule has 3 nitrogen and oxygen atoms in total. The molecule has 5 unspecified atom stereocenters. The van der Waals surface area contributed by atoms with Crippen molar-refractivity contribution in [1.82, 2.24) is 0 Å². The first kappa shape index (κ1) is 11.4. The molecule has 2 saturated heterocycles. The van der Waals surface area contributed by atoms with Crippen LogP contribution in [0.2, 0.25) is 0 Å². The van der Waals surface area contributed by atoms with Crippen molar-refractivity contribution in [3.63, 3.8) is 0 Å². The molecule has 0 bridgehead atoms. The van der Waals surface area contributed by atoms with Crippen molar-refractivity contribution in [2.45, 2.75) is 65.3 Å². The predicted octanol–water partition coefficient (Wildman–Crippen LogP) is 2.55. The molecule has 0 aromatic carbocycles. The van der Waals surface area contributed by atoms with Crippen molar-refractivity contribution < 1.29 is 14.2 Å². The summed E-state index contributed by atoms with van der Waals surface area (Å²) in [7, 11) is 0. The molecule has 0 aromatic heterocycles. The zero-order valence-corrected chi connectivity index (χ0v) is 10.3. The van der Waals surface area contributed by atoms with Crippen LogP contribution in [0.1, 0.15) is 41.0 Å². The fourth-order valence-corrected chi connectivity index (χ4v) is 2.57. The lowest BCUT2D eigenvalue weighted by Gasteiger charge is -2.26. The SMILES string of the molecule is CCC(C)C1OC2OC(C)(C)OC2C1C. The summed E-state index contributed by atoms with van der Waals surface area (Å²) in [6, 6.07) is 0. The molecule has 0 amide bonds. The van der Waals surface area contributed by atoms with Gasteiger partial charge in [-0.25, -0.2) is 0 Å². The molecule has 2 heterocycles. The lowest BCUT2D eigenvalue weighted by atomic mass is 9.90. The predicted molar refractivity (Wildman–Crippen MR) is 57.3 cm³/mol. The van der Waals surface area contributed by atoms with Crippen LogP contribution < -0.4 is 0 Å². The van der Waals surface area contributed by atoms with Crippen molar-refractivity contribution in [2.75, 3.05) is 0 Å². The minimum absolute atomic E-state index is 0.110. The number of rotatable bonds is 2. The van der Waals surface area contributed by atoms with E-state index in [9.17, 15) is 0 Å². The van der Waals surface area contributed by atoms with E-state index in [1.54, 1.807) is 0 Å². The maximum absolute atomic E-state index is 5.94. The molecule has 0 saturated carbocycles. The third kappa shape index (κ3) is 1.93. The van der Waals surface area contributed by atoms with E-state index in [2.05, 4.69) is 20.8 Å². The van der Waals surface area contributed by atoms with E-state index in [1.165, 1.54) is 0 Å². The monoisotopic (exact) mass is 214 g/mol. The highest BCUT2D eigenvalue weighted by molar-refractivity contribution is 4.92. The van der Waals surface area contributed by atoms with Crippen molar-refractivity contribution in [3.05, 3.63) is 0 Å². The lowest BCUT2D eigenvalue weighted by Crippen LogP contribution is -2.31. The third-order valence-electron chi connectivity index (χ3n) is 3.62. The van der Waals surface area contributed by atoms with E-state index in [4.69, 9.17) is 14.2 Å². The molecular weight excluding hydrogens is 192 g/mol. The number of hydrogen-bond acceptors (Lipinski definition) is 3. The Kier molecular flexibility index (Phi) is 2.82. The standard InChI is InChI=1S/C12H22O3/c1-6-7(2)9-8(3)10-11(13-9)15-12(4,5)14-10/h7-11H,6H2,1-5H3. The molecule has 2 aliphatic rings. The van der Waals surface area contributed by atoms with Gasteiger partial charge in [0.25, 0.3) is 0 Å². The van der Waals surface area contributed by atoms with Gasteiger partial charge in [-0.05, 0) is 19.8 Å². The molecule has 15 heavy (non-hydrogen) atoms. The van der Waals surface area contributed by atoms with Gasteiger partial charge in [0.05, 0.1) is 6.10 Å². The van der Waals surface area contributed by atoms with Gasteiger partial charge < -0.3 is 14.2 Å². The van der Waals surface area contributed by atoms with Gasteiger partial charge in [0.15, 0.2) is 12.1 Å². The van der Waals surface area contributed by atoms with Crippen LogP contribution in [0.4, 0.5) is 0 Å². The molecule has 5 atom stereocenters. The van der Waals surface area contributed by atoms with Crippen LogP contribution in [0.25, 0.3) is 0 Å². The molecule has 0 radical (unpaired) electrons. The summed E-state index contributed by atoms with van der Waals surface area (Å²) in [6.07, 6.45) is 1.37. The molecule has 0 spiro atoms. The summed E-state index contributed by atoms with van der Waals surface area (Å²) in [6.45, 7) is 10.5. The fraction of sp³-hybridized carbons (Fsp3) is 1.00. The summed E-state index contributed by atoms with van der Waals surface area (Å²) in [5.41, 5.74) is 0. The normalized spacial score (nSPS) is 45.4. The molecule has 2 fully saturated rings. The first-order chi connectivity index (χ1) is 6.94. The first-order valence-electron chi connectivity index (χ1n) is 5.95. The second-order valence-electron chi connectivity index (χ2n) is 5.31. The summed E-state index contributed by atoms with van der Waals surface area (Å²) in [5, 5.41) is 0. The molecule has 2 aliphatic heterocycles. The van der Waals surface area contributed by atoms with E-state index < -0.39 is 5.79 Å². The van der Waals surface area contributed by atoms with Crippen LogP contribution in [0.5, 0.6) is 0 Å².